The van der Waals surface area contributed by atoms with Crippen LogP contribution >= 0.6 is 0 Å². The van der Waals surface area contributed by atoms with E-state index in [0.29, 0.717) is 5.41 Å². The molecule has 0 saturated heterocycles. The molecule has 2 aromatic rings. The van der Waals surface area contributed by atoms with Crippen LogP contribution < -0.4 is 4.90 Å². The van der Waals surface area contributed by atoms with Crippen molar-refractivity contribution >= 4 is 5.69 Å². The van der Waals surface area contributed by atoms with Crippen molar-refractivity contribution in [3.8, 4) is 11.3 Å². The first-order chi connectivity index (χ1) is 9.49. The standard InChI is InChI=1S/C17H21N3/c1-12-9-19-16(8-15(12)17(2)5-6-17)13-7-14(20(3)4)11-18-10-13/h7-11H,5-6H2,1-4H3. The molecule has 1 saturated carbocycles. The zero-order valence-electron chi connectivity index (χ0n) is 12.6. The second-order valence-electron chi connectivity index (χ2n) is 6.27. The molecule has 0 atom stereocenters. The molecule has 0 spiro atoms. The first kappa shape index (κ1) is 13.1. The molecule has 0 bridgehead atoms. The summed E-state index contributed by atoms with van der Waals surface area (Å²) in [6.07, 6.45) is 8.33. The van der Waals surface area contributed by atoms with Crippen LogP contribution in [0.4, 0.5) is 5.69 Å². The van der Waals surface area contributed by atoms with Gasteiger partial charge in [0.15, 0.2) is 0 Å². The number of anilines is 1. The third kappa shape index (κ3) is 2.28. The molecule has 0 aliphatic heterocycles. The molecule has 0 amide bonds. The van der Waals surface area contributed by atoms with Crippen molar-refractivity contribution in [2.24, 2.45) is 0 Å². The molecule has 3 rings (SSSR count). The van der Waals surface area contributed by atoms with Crippen molar-refractivity contribution in [3.63, 3.8) is 0 Å². The average molecular weight is 267 g/mol. The van der Waals surface area contributed by atoms with E-state index >= 15 is 0 Å². The van der Waals surface area contributed by atoms with E-state index in [1.807, 2.05) is 32.7 Å². The maximum Gasteiger partial charge on any atom is 0.0721 e. The third-order valence-corrected chi connectivity index (χ3v) is 4.29. The summed E-state index contributed by atoms with van der Waals surface area (Å²) in [7, 11) is 4.06. The van der Waals surface area contributed by atoms with E-state index < -0.39 is 0 Å². The molecule has 1 fully saturated rings. The molecular weight excluding hydrogens is 246 g/mol. The Bertz CT molecular complexity index is 642. The second kappa shape index (κ2) is 4.58. The van der Waals surface area contributed by atoms with Gasteiger partial charge in [0.05, 0.1) is 17.6 Å². The molecule has 2 heterocycles. The van der Waals surface area contributed by atoms with Gasteiger partial charge in [-0.25, -0.2) is 0 Å². The molecule has 0 radical (unpaired) electrons. The summed E-state index contributed by atoms with van der Waals surface area (Å²) < 4.78 is 0. The van der Waals surface area contributed by atoms with Crippen LogP contribution in [0.3, 0.4) is 0 Å². The van der Waals surface area contributed by atoms with Crippen LogP contribution in [0.1, 0.15) is 30.9 Å². The quantitative estimate of drug-likeness (QED) is 0.851. The molecule has 2 aromatic heterocycles. The topological polar surface area (TPSA) is 29.0 Å². The highest BCUT2D eigenvalue weighted by atomic mass is 15.1. The summed E-state index contributed by atoms with van der Waals surface area (Å²) in [6, 6.07) is 4.39. The Morgan fingerprint density at radius 2 is 1.85 bits per heavy atom. The molecule has 3 nitrogen and oxygen atoms in total. The minimum atomic E-state index is 0.369. The van der Waals surface area contributed by atoms with Crippen LogP contribution in [0, 0.1) is 6.92 Å². The van der Waals surface area contributed by atoms with Crippen molar-refractivity contribution in [1.82, 2.24) is 9.97 Å². The van der Waals surface area contributed by atoms with Gasteiger partial charge in [-0.2, -0.15) is 0 Å². The zero-order chi connectivity index (χ0) is 14.3. The summed E-state index contributed by atoms with van der Waals surface area (Å²) in [5.74, 6) is 0. The van der Waals surface area contributed by atoms with Crippen molar-refractivity contribution in [2.75, 3.05) is 19.0 Å². The monoisotopic (exact) mass is 267 g/mol. The smallest absolute Gasteiger partial charge is 0.0721 e. The average Bonchev–Trinajstić information content (AvgIpc) is 3.18. The lowest BCUT2D eigenvalue weighted by atomic mass is 9.93. The number of rotatable bonds is 3. The van der Waals surface area contributed by atoms with Gasteiger partial charge in [0.2, 0.25) is 0 Å². The number of pyridine rings is 2. The second-order valence-corrected chi connectivity index (χ2v) is 6.27. The van der Waals surface area contributed by atoms with Gasteiger partial charge in [-0.1, -0.05) is 6.92 Å². The van der Waals surface area contributed by atoms with E-state index in [9.17, 15) is 0 Å². The molecular formula is C17H21N3. The van der Waals surface area contributed by atoms with E-state index in [0.717, 1.165) is 16.9 Å². The van der Waals surface area contributed by atoms with Gasteiger partial charge in [-0.15, -0.1) is 0 Å². The summed E-state index contributed by atoms with van der Waals surface area (Å²) in [4.78, 5) is 11.0. The van der Waals surface area contributed by atoms with E-state index in [2.05, 4.69) is 40.8 Å². The highest BCUT2D eigenvalue weighted by Gasteiger charge is 2.40. The minimum absolute atomic E-state index is 0.369. The summed E-state index contributed by atoms with van der Waals surface area (Å²) in [5.41, 5.74) is 6.32. The fourth-order valence-electron chi connectivity index (χ4n) is 2.60. The van der Waals surface area contributed by atoms with E-state index in [4.69, 9.17) is 0 Å². The normalized spacial score (nSPS) is 16.0. The van der Waals surface area contributed by atoms with Gasteiger partial charge < -0.3 is 4.90 Å². The van der Waals surface area contributed by atoms with Crippen molar-refractivity contribution < 1.29 is 0 Å². The first-order valence-electron chi connectivity index (χ1n) is 7.09. The van der Waals surface area contributed by atoms with Gasteiger partial charge in [0.1, 0.15) is 0 Å². The Kier molecular flexibility index (Phi) is 3.00. The predicted molar refractivity (Wildman–Crippen MR) is 83.1 cm³/mol. The zero-order valence-corrected chi connectivity index (χ0v) is 12.6. The van der Waals surface area contributed by atoms with Crippen LogP contribution in [0.25, 0.3) is 11.3 Å². The van der Waals surface area contributed by atoms with Crippen LogP contribution in [-0.4, -0.2) is 24.1 Å². The Hall–Kier alpha value is -1.90. The molecule has 3 heteroatoms. The van der Waals surface area contributed by atoms with Crippen LogP contribution in [0.5, 0.6) is 0 Å². The van der Waals surface area contributed by atoms with Crippen LogP contribution in [-0.2, 0) is 5.41 Å². The number of aromatic nitrogens is 2. The van der Waals surface area contributed by atoms with Crippen molar-refractivity contribution in [2.45, 2.75) is 32.1 Å². The third-order valence-electron chi connectivity index (χ3n) is 4.29. The largest absolute Gasteiger partial charge is 0.376 e. The van der Waals surface area contributed by atoms with E-state index in [1.165, 1.54) is 24.0 Å². The SMILES string of the molecule is Cc1cnc(-c2cncc(N(C)C)c2)cc1C1(C)CC1. The lowest BCUT2D eigenvalue weighted by Gasteiger charge is -2.15. The highest BCUT2D eigenvalue weighted by Crippen LogP contribution is 2.49. The Labute approximate surface area is 120 Å². The van der Waals surface area contributed by atoms with Crippen molar-refractivity contribution in [3.05, 3.63) is 41.9 Å². The molecule has 1 aliphatic rings. The summed E-state index contributed by atoms with van der Waals surface area (Å²) in [5, 5.41) is 0. The van der Waals surface area contributed by atoms with Crippen LogP contribution in [0.15, 0.2) is 30.7 Å². The Morgan fingerprint density at radius 3 is 2.50 bits per heavy atom. The van der Waals surface area contributed by atoms with E-state index in [-0.39, 0.29) is 0 Å². The van der Waals surface area contributed by atoms with Crippen LogP contribution in [0.2, 0.25) is 0 Å². The van der Waals surface area contributed by atoms with Gasteiger partial charge in [0, 0.05) is 32.1 Å². The van der Waals surface area contributed by atoms with Gasteiger partial charge in [0.25, 0.3) is 0 Å². The molecule has 20 heavy (non-hydrogen) atoms. The molecule has 0 N–H and O–H groups in total. The molecule has 0 aromatic carbocycles. The van der Waals surface area contributed by atoms with Gasteiger partial charge in [-0.3, -0.25) is 9.97 Å². The van der Waals surface area contributed by atoms with Gasteiger partial charge >= 0.3 is 0 Å². The molecule has 1 aliphatic carbocycles. The number of nitrogens with zero attached hydrogens (tertiary/aromatic N) is 3. The maximum atomic E-state index is 4.59. The number of hydrogen-bond acceptors (Lipinski definition) is 3. The predicted octanol–water partition coefficient (Wildman–Crippen LogP) is 3.57. The lowest BCUT2D eigenvalue weighted by Crippen LogP contribution is -2.09. The highest BCUT2D eigenvalue weighted by molar-refractivity contribution is 5.65. The molecule has 0 unspecified atom stereocenters. The Balaban J connectivity index is 2.04. The number of hydrogen-bond donors (Lipinski definition) is 0. The fourth-order valence-corrected chi connectivity index (χ4v) is 2.60. The van der Waals surface area contributed by atoms with Crippen molar-refractivity contribution in [1.29, 1.82) is 0 Å². The molecule has 104 valence electrons. The minimum Gasteiger partial charge on any atom is -0.376 e. The first-order valence-corrected chi connectivity index (χ1v) is 7.09. The van der Waals surface area contributed by atoms with Gasteiger partial charge in [-0.05, 0) is 48.4 Å². The summed E-state index contributed by atoms with van der Waals surface area (Å²) >= 11 is 0. The van der Waals surface area contributed by atoms with E-state index in [1.54, 1.807) is 0 Å². The fraction of sp³-hybridized carbons (Fsp3) is 0.412. The Morgan fingerprint density at radius 1 is 1.10 bits per heavy atom. The maximum absolute atomic E-state index is 4.59. The summed E-state index contributed by atoms with van der Waals surface area (Å²) in [6.45, 7) is 4.50. The number of aryl methyl sites for hydroxylation is 1. The lowest BCUT2D eigenvalue weighted by molar-refractivity contribution is 0.777.